The van der Waals surface area contributed by atoms with Gasteiger partial charge in [-0.05, 0) is 22.3 Å². The molecule has 0 amide bonds. The van der Waals surface area contributed by atoms with Crippen LogP contribution in [0.2, 0.25) is 0 Å². The topological polar surface area (TPSA) is 0 Å². The molecule has 0 saturated heterocycles. The van der Waals surface area contributed by atoms with Crippen LogP contribution in [0.1, 0.15) is 75.1 Å². The Balaban J connectivity index is -0.000000542. The van der Waals surface area contributed by atoms with Gasteiger partial charge in [0, 0.05) is 11.8 Å². The molecule has 219 valence electrons. The van der Waals surface area contributed by atoms with Crippen molar-refractivity contribution >= 4 is 29.2 Å². The molecule has 41 heavy (non-hydrogen) atoms. The van der Waals surface area contributed by atoms with Gasteiger partial charge in [-0.25, -0.2) is 17.7 Å². The van der Waals surface area contributed by atoms with Crippen molar-refractivity contribution in [2.45, 2.75) is 52.9 Å². The number of hydrogen-bond donors (Lipinski definition) is 0. The fraction of sp³-hybridized carbons (Fsp3) is 0.257. The Morgan fingerprint density at radius 2 is 1.24 bits per heavy atom. The molecule has 4 aliphatic rings. The zero-order chi connectivity index (χ0) is 26.1. The summed E-state index contributed by atoms with van der Waals surface area (Å²) in [5.41, 5.74) is 10.1. The van der Waals surface area contributed by atoms with Gasteiger partial charge >= 0.3 is 64.1 Å². The SMILES string of the molecule is C1=CC(C2C=Cc3ccccc32)c2ccccc21.CC1=[C-]C(C)(C)C(C)=C1C.[C-]1=CC=CC1.[CH3-].[CH3-].[Cl-].[Cl-].[Cl][Zr][Cl].[Zr+3]. The van der Waals surface area contributed by atoms with Gasteiger partial charge in [-0.15, -0.1) is 13.3 Å². The predicted molar refractivity (Wildman–Crippen MR) is 167 cm³/mol. The smallest absolute Gasteiger partial charge is 3.00 e. The molecular weight excluding hydrogens is 745 g/mol. The molecule has 0 aromatic heterocycles. The Bertz CT molecular complexity index is 1170. The first-order valence-electron chi connectivity index (χ1n) is 12.3. The van der Waals surface area contributed by atoms with Crippen LogP contribution in [0.5, 0.6) is 0 Å². The molecule has 0 spiro atoms. The van der Waals surface area contributed by atoms with E-state index in [1.807, 2.05) is 12.2 Å². The van der Waals surface area contributed by atoms with Gasteiger partial charge in [0.25, 0.3) is 0 Å². The van der Waals surface area contributed by atoms with Crippen molar-refractivity contribution in [1.29, 1.82) is 0 Å². The van der Waals surface area contributed by atoms with Crippen LogP contribution >= 0.6 is 17.0 Å². The fourth-order valence-electron chi connectivity index (χ4n) is 4.93. The molecule has 0 bridgehead atoms. The van der Waals surface area contributed by atoms with Gasteiger partial charge in [0.15, 0.2) is 0 Å². The van der Waals surface area contributed by atoms with Crippen LogP contribution in [-0.2, 0) is 47.1 Å². The molecule has 2 atom stereocenters. The molecule has 2 aromatic carbocycles. The van der Waals surface area contributed by atoms with Crippen LogP contribution in [0.4, 0.5) is 0 Å². The maximum Gasteiger partial charge on any atom is 3.00 e. The van der Waals surface area contributed by atoms with Crippen LogP contribution in [0, 0.1) is 32.4 Å². The molecule has 0 saturated carbocycles. The average Bonchev–Trinajstić information content (AvgIpc) is 3.67. The molecule has 0 N–H and O–H groups in total. The predicted octanol–water partition coefficient (Wildman–Crippen LogP) is 5.31. The van der Waals surface area contributed by atoms with Gasteiger partial charge in [0.2, 0.25) is 0 Å². The van der Waals surface area contributed by atoms with E-state index in [0.29, 0.717) is 11.8 Å². The van der Waals surface area contributed by atoms with Crippen molar-refractivity contribution in [3.05, 3.63) is 145 Å². The minimum absolute atomic E-state index is 0. The maximum atomic E-state index is 4.93. The van der Waals surface area contributed by atoms with Gasteiger partial charge in [-0.1, -0.05) is 106 Å². The summed E-state index contributed by atoms with van der Waals surface area (Å²) in [4.78, 5) is 0. The Kier molecular flexibility index (Phi) is 24.6. The first-order chi connectivity index (χ1) is 17.3. The summed E-state index contributed by atoms with van der Waals surface area (Å²) in [7, 11) is 9.87. The minimum atomic E-state index is -0.826. The molecule has 1 radical (unpaired) electrons. The molecule has 6 heteroatoms. The van der Waals surface area contributed by atoms with Crippen LogP contribution < -0.4 is 24.8 Å². The summed E-state index contributed by atoms with van der Waals surface area (Å²) in [5, 5.41) is 0. The van der Waals surface area contributed by atoms with E-state index < -0.39 is 20.8 Å². The summed E-state index contributed by atoms with van der Waals surface area (Å²) >= 11 is -0.826. The molecule has 0 nitrogen and oxygen atoms in total. The van der Waals surface area contributed by atoms with Crippen LogP contribution in [0.3, 0.4) is 0 Å². The van der Waals surface area contributed by atoms with E-state index in [4.69, 9.17) is 17.0 Å². The van der Waals surface area contributed by atoms with Crippen molar-refractivity contribution in [3.8, 4) is 0 Å². The van der Waals surface area contributed by atoms with E-state index in [1.165, 1.54) is 39.0 Å². The normalized spacial score (nSPS) is 18.4. The summed E-state index contributed by atoms with van der Waals surface area (Å²) in [5.74, 6) is 1.00. The maximum absolute atomic E-state index is 4.93. The van der Waals surface area contributed by atoms with Gasteiger partial charge in [0.05, 0.1) is 0 Å². The van der Waals surface area contributed by atoms with Crippen molar-refractivity contribution in [2.24, 2.45) is 5.41 Å². The molecule has 0 heterocycles. The molecule has 4 aliphatic carbocycles. The molecule has 6 rings (SSSR count). The van der Waals surface area contributed by atoms with Crippen molar-refractivity contribution in [3.63, 3.8) is 0 Å². The van der Waals surface area contributed by atoms with Crippen molar-refractivity contribution in [1.82, 2.24) is 0 Å². The third-order valence-corrected chi connectivity index (χ3v) is 7.21. The largest absolute Gasteiger partial charge is 3.00 e. The van der Waals surface area contributed by atoms with E-state index in [2.05, 4.69) is 126 Å². The summed E-state index contributed by atoms with van der Waals surface area (Å²) < 4.78 is 0. The summed E-state index contributed by atoms with van der Waals surface area (Å²) in [6.45, 7) is 10.9. The van der Waals surface area contributed by atoms with Gasteiger partial charge < -0.3 is 39.7 Å². The molecular formula is C35H40Cl4Zr2-3. The number of rotatable bonds is 1. The Hall–Kier alpha value is -0.194. The monoisotopic (exact) mass is 780 g/mol. The Morgan fingerprint density at radius 3 is 1.51 bits per heavy atom. The van der Waals surface area contributed by atoms with Gasteiger partial charge in [-0.2, -0.15) is 17.2 Å². The van der Waals surface area contributed by atoms with Crippen LogP contribution in [0.25, 0.3) is 12.2 Å². The zero-order valence-corrected chi connectivity index (χ0v) is 33.0. The van der Waals surface area contributed by atoms with Crippen LogP contribution in [0.15, 0.2) is 95.6 Å². The molecule has 0 fully saturated rings. The molecule has 2 aromatic rings. The number of benzene rings is 2. The molecule has 2 unspecified atom stereocenters. The second kappa shape index (κ2) is 22.3. The number of allylic oxidation sites excluding steroid dienone is 10. The van der Waals surface area contributed by atoms with E-state index in [0.717, 1.165) is 6.42 Å². The van der Waals surface area contributed by atoms with Gasteiger partial charge in [0.1, 0.15) is 0 Å². The first kappa shape index (κ1) is 45.2. The van der Waals surface area contributed by atoms with E-state index in [-0.39, 0.29) is 71.3 Å². The summed E-state index contributed by atoms with van der Waals surface area (Å²) in [6.07, 6.45) is 22.7. The third-order valence-electron chi connectivity index (χ3n) is 7.21. The number of halogens is 4. The van der Waals surface area contributed by atoms with E-state index in [1.54, 1.807) is 0 Å². The molecule has 0 aliphatic heterocycles. The first-order valence-corrected chi connectivity index (χ1v) is 18.7. The summed E-state index contributed by atoms with van der Waals surface area (Å²) in [6, 6.07) is 17.4. The second-order valence-corrected chi connectivity index (χ2v) is 13.5. The average molecular weight is 785 g/mol. The Morgan fingerprint density at radius 1 is 0.805 bits per heavy atom. The zero-order valence-electron chi connectivity index (χ0n) is 25.0. The number of hydrogen-bond acceptors (Lipinski definition) is 0. The van der Waals surface area contributed by atoms with E-state index in [9.17, 15) is 0 Å². The quantitative estimate of drug-likeness (QED) is 0.345. The van der Waals surface area contributed by atoms with Gasteiger partial charge in [-0.3, -0.25) is 12.2 Å². The van der Waals surface area contributed by atoms with Crippen LogP contribution in [-0.4, -0.2) is 0 Å². The number of fused-ring (bicyclic) bond motifs is 2. The third kappa shape index (κ3) is 12.4. The van der Waals surface area contributed by atoms with Crippen molar-refractivity contribution in [2.75, 3.05) is 0 Å². The fourth-order valence-corrected chi connectivity index (χ4v) is 4.93. The minimum Gasteiger partial charge on any atom is 3.00 e. The van der Waals surface area contributed by atoms with Crippen molar-refractivity contribution < 1.29 is 71.9 Å². The van der Waals surface area contributed by atoms with E-state index >= 15 is 0 Å². The Labute approximate surface area is 301 Å². The standard InChI is InChI=1S/C18H14.C10H15.C5H5.2CH3.4ClH.2Zr/c1-3-7-15-13(5-1)9-11-17(15)18-12-10-14-6-2-4-8-16(14)18;1-7-6-10(4,5)9(3)8(7)2;1-2-4-5-3-1;;;;;;;;/h1-12,17-18H;1-5H3;1-3H,4H2;2*1H3;4*1H;;/q;4*-1;;;;;+2;+3/p-4. The second-order valence-electron chi connectivity index (χ2n) is 9.73.